The lowest BCUT2D eigenvalue weighted by Crippen LogP contribution is -1.83. The number of nitrogens with zero attached hydrogens (tertiary/aromatic N) is 2. The summed E-state index contributed by atoms with van der Waals surface area (Å²) in [7, 11) is 0. The van der Waals surface area contributed by atoms with E-state index in [1.807, 2.05) is 42.5 Å². The van der Waals surface area contributed by atoms with E-state index in [4.69, 9.17) is 0 Å². The second-order valence-electron chi connectivity index (χ2n) is 4.66. The van der Waals surface area contributed by atoms with Gasteiger partial charge in [-0.15, -0.1) is 0 Å². The van der Waals surface area contributed by atoms with Gasteiger partial charge in [-0.2, -0.15) is 10.2 Å². The predicted octanol–water partition coefficient (Wildman–Crippen LogP) is 5.83. The van der Waals surface area contributed by atoms with Gasteiger partial charge in [-0.1, -0.05) is 50.1 Å². The maximum Gasteiger partial charge on any atom is 0.0857 e. The predicted molar refractivity (Wildman–Crippen MR) is 80.3 cm³/mol. The van der Waals surface area contributed by atoms with Crippen LogP contribution in [0.3, 0.4) is 0 Å². The van der Waals surface area contributed by atoms with E-state index in [0.717, 1.165) is 17.8 Å². The van der Waals surface area contributed by atoms with Crippen molar-refractivity contribution in [2.24, 2.45) is 10.2 Å². The Labute approximate surface area is 115 Å². The van der Waals surface area contributed by atoms with Crippen molar-refractivity contribution < 1.29 is 0 Å². The van der Waals surface area contributed by atoms with Gasteiger partial charge in [0.15, 0.2) is 0 Å². The molecule has 2 aromatic carbocycles. The van der Waals surface area contributed by atoms with Crippen molar-refractivity contribution in [1.29, 1.82) is 0 Å². The van der Waals surface area contributed by atoms with E-state index in [9.17, 15) is 0 Å². The summed E-state index contributed by atoms with van der Waals surface area (Å²) in [4.78, 5) is 0. The zero-order chi connectivity index (χ0) is 13.3. The van der Waals surface area contributed by atoms with Gasteiger partial charge in [0.1, 0.15) is 0 Å². The van der Waals surface area contributed by atoms with E-state index in [-0.39, 0.29) is 0 Å². The summed E-state index contributed by atoms with van der Waals surface area (Å²) in [5, 5.41) is 8.45. The number of rotatable bonds is 6. The molecule has 0 unspecified atom stereocenters. The van der Waals surface area contributed by atoms with E-state index in [0.29, 0.717) is 0 Å². The Morgan fingerprint density at radius 2 is 1.37 bits per heavy atom. The van der Waals surface area contributed by atoms with Gasteiger partial charge in [0.25, 0.3) is 0 Å². The Morgan fingerprint density at radius 1 is 0.737 bits per heavy atom. The van der Waals surface area contributed by atoms with Gasteiger partial charge in [0, 0.05) is 0 Å². The van der Waals surface area contributed by atoms with Crippen molar-refractivity contribution in [3.63, 3.8) is 0 Å². The molecule has 2 aromatic rings. The number of unbranched alkanes of at least 4 members (excludes halogenated alkanes) is 2. The Hall–Kier alpha value is -1.96. The maximum atomic E-state index is 4.24. The molecule has 0 spiro atoms. The molecule has 2 heteroatoms. The molecule has 2 nitrogen and oxygen atoms in total. The first kappa shape index (κ1) is 13.5. The summed E-state index contributed by atoms with van der Waals surface area (Å²) in [6.07, 6.45) is 4.99. The minimum Gasteiger partial charge on any atom is -0.151 e. The average Bonchev–Trinajstić information content (AvgIpc) is 2.48. The first-order chi connectivity index (χ1) is 9.38. The third kappa shape index (κ3) is 4.66. The first-order valence-corrected chi connectivity index (χ1v) is 6.94. The van der Waals surface area contributed by atoms with Crippen LogP contribution >= 0.6 is 0 Å². The summed E-state index contributed by atoms with van der Waals surface area (Å²) in [5.41, 5.74) is 3.17. The zero-order valence-corrected chi connectivity index (χ0v) is 11.4. The highest BCUT2D eigenvalue weighted by Gasteiger charge is 1.94. The average molecular weight is 252 g/mol. The topological polar surface area (TPSA) is 24.7 Å². The smallest absolute Gasteiger partial charge is 0.0857 e. The van der Waals surface area contributed by atoms with Crippen LogP contribution < -0.4 is 0 Å². The molecular formula is C17H20N2. The lowest BCUT2D eigenvalue weighted by atomic mass is 10.1. The van der Waals surface area contributed by atoms with Crippen LogP contribution in [0.2, 0.25) is 0 Å². The van der Waals surface area contributed by atoms with Gasteiger partial charge < -0.3 is 0 Å². The minimum atomic E-state index is 0.884. The molecule has 0 aliphatic rings. The summed E-state index contributed by atoms with van der Waals surface area (Å²) in [6, 6.07) is 18.2. The molecule has 0 heterocycles. The van der Waals surface area contributed by atoms with Crippen LogP contribution in [0.25, 0.3) is 0 Å². The Morgan fingerprint density at radius 3 is 2.00 bits per heavy atom. The summed E-state index contributed by atoms with van der Waals surface area (Å²) < 4.78 is 0. The van der Waals surface area contributed by atoms with Gasteiger partial charge in [-0.25, -0.2) is 0 Å². The minimum absolute atomic E-state index is 0.884. The number of azo groups is 1. The normalized spacial score (nSPS) is 11.0. The van der Waals surface area contributed by atoms with Crippen molar-refractivity contribution in [1.82, 2.24) is 0 Å². The summed E-state index contributed by atoms with van der Waals surface area (Å²) >= 11 is 0. The third-order valence-electron chi connectivity index (χ3n) is 3.04. The highest BCUT2D eigenvalue weighted by Crippen LogP contribution is 2.19. The molecule has 0 aromatic heterocycles. The summed E-state index contributed by atoms with van der Waals surface area (Å²) in [5.74, 6) is 0. The van der Waals surface area contributed by atoms with Gasteiger partial charge in [0.05, 0.1) is 11.4 Å². The van der Waals surface area contributed by atoms with Crippen LogP contribution in [0.1, 0.15) is 31.7 Å². The fraction of sp³-hybridized carbons (Fsp3) is 0.294. The van der Waals surface area contributed by atoms with Crippen molar-refractivity contribution in [3.8, 4) is 0 Å². The number of hydrogen-bond acceptors (Lipinski definition) is 2. The Kier molecular flexibility index (Phi) is 5.30. The molecule has 0 saturated carbocycles. The van der Waals surface area contributed by atoms with Crippen LogP contribution in [0, 0.1) is 0 Å². The lowest BCUT2D eigenvalue weighted by molar-refractivity contribution is 0.717. The Balaban J connectivity index is 1.93. The fourth-order valence-corrected chi connectivity index (χ4v) is 1.92. The maximum absolute atomic E-state index is 4.24. The van der Waals surface area contributed by atoms with Gasteiger partial charge in [-0.3, -0.25) is 0 Å². The molecule has 0 atom stereocenters. The van der Waals surface area contributed by atoms with E-state index in [1.54, 1.807) is 0 Å². The van der Waals surface area contributed by atoms with Crippen molar-refractivity contribution in [2.45, 2.75) is 32.6 Å². The largest absolute Gasteiger partial charge is 0.151 e. The van der Waals surface area contributed by atoms with Crippen molar-refractivity contribution in [2.75, 3.05) is 0 Å². The third-order valence-corrected chi connectivity index (χ3v) is 3.04. The molecule has 0 radical (unpaired) electrons. The molecule has 0 saturated heterocycles. The molecule has 0 aliphatic carbocycles. The molecule has 0 bridgehead atoms. The molecule has 2 rings (SSSR count). The fourth-order valence-electron chi connectivity index (χ4n) is 1.92. The van der Waals surface area contributed by atoms with Gasteiger partial charge in [0.2, 0.25) is 0 Å². The van der Waals surface area contributed by atoms with Crippen LogP contribution in [-0.4, -0.2) is 0 Å². The standard InChI is InChI=1S/C17H20N2/c1-2-3-5-8-15-11-13-17(14-12-15)19-18-16-9-6-4-7-10-16/h4,6-7,9-14H,2-3,5,8H2,1H3/b19-18+. The highest BCUT2D eigenvalue weighted by atomic mass is 15.1. The lowest BCUT2D eigenvalue weighted by Gasteiger charge is -2.00. The second-order valence-corrected chi connectivity index (χ2v) is 4.66. The van der Waals surface area contributed by atoms with Gasteiger partial charge >= 0.3 is 0 Å². The zero-order valence-electron chi connectivity index (χ0n) is 11.4. The molecule has 0 N–H and O–H groups in total. The highest BCUT2D eigenvalue weighted by molar-refractivity contribution is 5.40. The van der Waals surface area contributed by atoms with Crippen molar-refractivity contribution in [3.05, 3.63) is 60.2 Å². The van der Waals surface area contributed by atoms with Crippen LogP contribution in [0.4, 0.5) is 11.4 Å². The van der Waals surface area contributed by atoms with Crippen molar-refractivity contribution >= 4 is 11.4 Å². The number of aryl methyl sites for hydroxylation is 1. The molecule has 0 amide bonds. The molecule has 0 fully saturated rings. The first-order valence-electron chi connectivity index (χ1n) is 6.94. The SMILES string of the molecule is CCCCCc1ccc(/N=N/c2ccccc2)cc1. The molecule has 98 valence electrons. The van der Waals surface area contributed by atoms with E-state index in [1.165, 1.54) is 24.8 Å². The molecule has 0 aliphatic heterocycles. The quantitative estimate of drug-likeness (QED) is 0.456. The van der Waals surface area contributed by atoms with Crippen LogP contribution in [0.5, 0.6) is 0 Å². The molecule has 19 heavy (non-hydrogen) atoms. The Bertz CT molecular complexity index is 501. The van der Waals surface area contributed by atoms with E-state index in [2.05, 4.69) is 29.3 Å². The van der Waals surface area contributed by atoms with E-state index < -0.39 is 0 Å². The van der Waals surface area contributed by atoms with Crippen LogP contribution in [0.15, 0.2) is 64.8 Å². The monoisotopic (exact) mass is 252 g/mol. The van der Waals surface area contributed by atoms with Gasteiger partial charge in [-0.05, 0) is 42.7 Å². The summed E-state index contributed by atoms with van der Waals surface area (Å²) in [6.45, 7) is 2.23. The number of hydrogen-bond donors (Lipinski definition) is 0. The van der Waals surface area contributed by atoms with E-state index >= 15 is 0 Å². The van der Waals surface area contributed by atoms with Crippen LogP contribution in [-0.2, 0) is 6.42 Å². The second kappa shape index (κ2) is 7.47. The molecular weight excluding hydrogens is 232 g/mol. The number of benzene rings is 2.